The van der Waals surface area contributed by atoms with Crippen molar-refractivity contribution < 1.29 is 19.0 Å². The number of nitrogens with one attached hydrogen (secondary N) is 2. The normalized spacial score (nSPS) is 15.2. The fraction of sp³-hybridized carbons (Fsp3) is 0.571. The Labute approximate surface area is 175 Å². The van der Waals surface area contributed by atoms with Crippen molar-refractivity contribution >= 4 is 22.7 Å². The Morgan fingerprint density at radius 1 is 1.17 bits per heavy atom. The Morgan fingerprint density at radius 3 is 2.33 bits per heavy atom. The lowest BCUT2D eigenvalue weighted by Gasteiger charge is -2.33. The van der Waals surface area contributed by atoms with Gasteiger partial charge in [-0.05, 0) is 51.7 Å². The van der Waals surface area contributed by atoms with Crippen molar-refractivity contribution in [2.75, 3.05) is 38.8 Å². The third-order valence-electron chi connectivity index (χ3n) is 5.12. The van der Waals surface area contributed by atoms with Crippen LogP contribution in [0, 0.1) is 5.92 Å². The molecule has 0 unspecified atom stereocenters. The largest absolute Gasteiger partial charge is 0.493 e. The molecular weight excluding hydrogens is 388 g/mol. The van der Waals surface area contributed by atoms with E-state index in [0.717, 1.165) is 31.3 Å². The fourth-order valence-electron chi connectivity index (χ4n) is 3.61. The van der Waals surface area contributed by atoms with Gasteiger partial charge in [-0.1, -0.05) is 0 Å². The van der Waals surface area contributed by atoms with Gasteiger partial charge in [0.05, 0.1) is 19.6 Å². The van der Waals surface area contributed by atoms with E-state index < -0.39 is 5.60 Å². The summed E-state index contributed by atoms with van der Waals surface area (Å²) in [6.45, 7) is 7.64. The number of anilines is 1. The van der Waals surface area contributed by atoms with E-state index in [1.807, 2.05) is 20.8 Å². The van der Waals surface area contributed by atoms with Crippen LogP contribution in [0.2, 0.25) is 0 Å². The molecule has 2 heterocycles. The molecular formula is C21H30N4O5. The Hall–Kier alpha value is -2.97. The first-order chi connectivity index (χ1) is 14.2. The Bertz CT molecular complexity index is 958. The van der Waals surface area contributed by atoms with Gasteiger partial charge in [-0.2, -0.15) is 5.10 Å². The van der Waals surface area contributed by atoms with E-state index in [2.05, 4.69) is 20.4 Å². The summed E-state index contributed by atoms with van der Waals surface area (Å²) in [5.41, 5.74) is -0.778. The van der Waals surface area contributed by atoms with Crippen LogP contribution in [0.3, 0.4) is 0 Å². The first kappa shape index (κ1) is 21.7. The molecule has 2 aromatic rings. The van der Waals surface area contributed by atoms with Gasteiger partial charge in [0, 0.05) is 25.0 Å². The zero-order valence-electron chi connectivity index (χ0n) is 18.2. The molecule has 1 amide bonds. The van der Waals surface area contributed by atoms with Crippen LogP contribution in [0.5, 0.6) is 11.5 Å². The summed E-state index contributed by atoms with van der Waals surface area (Å²) in [4.78, 5) is 26.3. The predicted molar refractivity (Wildman–Crippen MR) is 115 cm³/mol. The van der Waals surface area contributed by atoms with Crippen molar-refractivity contribution in [2.24, 2.45) is 5.92 Å². The number of alkyl carbamates (subject to hydrolysis) is 1. The van der Waals surface area contributed by atoms with Gasteiger partial charge in [-0.3, -0.25) is 4.79 Å². The van der Waals surface area contributed by atoms with Gasteiger partial charge < -0.3 is 24.4 Å². The van der Waals surface area contributed by atoms with Crippen LogP contribution in [0.4, 0.5) is 10.6 Å². The van der Waals surface area contributed by atoms with Crippen molar-refractivity contribution in [3.05, 3.63) is 22.5 Å². The van der Waals surface area contributed by atoms with Crippen LogP contribution in [-0.4, -0.2) is 55.7 Å². The minimum absolute atomic E-state index is 0.272. The number of carbonyl (C=O) groups excluding carboxylic acids is 1. The number of benzene rings is 1. The van der Waals surface area contributed by atoms with Crippen LogP contribution in [-0.2, 0) is 4.74 Å². The molecule has 9 heteroatoms. The molecule has 0 atom stereocenters. The quantitative estimate of drug-likeness (QED) is 0.769. The summed E-state index contributed by atoms with van der Waals surface area (Å²) in [5.74, 6) is 2.12. The second kappa shape index (κ2) is 8.81. The first-order valence-electron chi connectivity index (χ1n) is 10.1. The minimum atomic E-state index is -0.506. The number of fused-ring (bicyclic) bond motifs is 1. The molecule has 1 saturated heterocycles. The summed E-state index contributed by atoms with van der Waals surface area (Å²) in [5, 5.41) is 11.0. The summed E-state index contributed by atoms with van der Waals surface area (Å²) in [6.07, 6.45) is 1.40. The van der Waals surface area contributed by atoms with E-state index >= 15 is 0 Å². The zero-order valence-corrected chi connectivity index (χ0v) is 18.2. The van der Waals surface area contributed by atoms with E-state index in [4.69, 9.17) is 14.2 Å². The van der Waals surface area contributed by atoms with Gasteiger partial charge in [-0.25, -0.2) is 9.89 Å². The number of carbonyl (C=O) groups is 1. The van der Waals surface area contributed by atoms with E-state index in [9.17, 15) is 9.59 Å². The van der Waals surface area contributed by atoms with Gasteiger partial charge in [-0.15, -0.1) is 0 Å². The SMILES string of the molecule is COc1cc2c(N3CCC(CNC(=O)OC(C)(C)C)CC3)n[nH]c(=O)c2cc1OC. The average Bonchev–Trinajstić information content (AvgIpc) is 2.71. The number of aromatic nitrogens is 2. The van der Waals surface area contributed by atoms with Gasteiger partial charge in [0.15, 0.2) is 17.3 Å². The standard InChI is InChI=1S/C21H30N4O5/c1-21(2,3)30-20(27)22-12-13-6-8-25(9-7-13)18-14-10-16(28-4)17(29-5)11-15(14)19(26)24-23-18/h10-11,13H,6-9,12H2,1-5H3,(H,22,27)(H,24,26). The van der Waals surface area contributed by atoms with Crippen molar-refractivity contribution in [2.45, 2.75) is 39.2 Å². The number of hydrogen-bond donors (Lipinski definition) is 2. The lowest BCUT2D eigenvalue weighted by atomic mass is 9.96. The lowest BCUT2D eigenvalue weighted by Crippen LogP contribution is -2.40. The highest BCUT2D eigenvalue weighted by atomic mass is 16.6. The minimum Gasteiger partial charge on any atom is -0.493 e. The van der Waals surface area contributed by atoms with Crippen LogP contribution in [0.15, 0.2) is 16.9 Å². The maximum atomic E-state index is 12.3. The summed E-state index contributed by atoms with van der Waals surface area (Å²) < 4.78 is 16.0. The molecule has 9 nitrogen and oxygen atoms in total. The van der Waals surface area contributed by atoms with E-state index in [0.29, 0.717) is 35.2 Å². The maximum absolute atomic E-state index is 12.3. The number of rotatable bonds is 5. The molecule has 164 valence electrons. The molecule has 0 aliphatic carbocycles. The number of amides is 1. The highest BCUT2D eigenvalue weighted by Gasteiger charge is 2.24. The molecule has 1 aliphatic rings. The number of aromatic amines is 1. The van der Waals surface area contributed by atoms with E-state index in [1.165, 1.54) is 7.11 Å². The highest BCUT2D eigenvalue weighted by Crippen LogP contribution is 2.35. The second-order valence-electron chi connectivity index (χ2n) is 8.44. The highest BCUT2D eigenvalue weighted by molar-refractivity contribution is 5.94. The average molecular weight is 418 g/mol. The molecule has 1 aliphatic heterocycles. The van der Waals surface area contributed by atoms with Crippen LogP contribution >= 0.6 is 0 Å². The molecule has 0 radical (unpaired) electrons. The van der Waals surface area contributed by atoms with Crippen LogP contribution in [0.1, 0.15) is 33.6 Å². The fourth-order valence-corrected chi connectivity index (χ4v) is 3.61. The monoisotopic (exact) mass is 418 g/mol. The number of nitrogens with zero attached hydrogens (tertiary/aromatic N) is 2. The van der Waals surface area contributed by atoms with Gasteiger partial charge >= 0.3 is 6.09 Å². The van der Waals surface area contributed by atoms with E-state index in [1.54, 1.807) is 19.2 Å². The third kappa shape index (κ3) is 4.95. The van der Waals surface area contributed by atoms with Gasteiger partial charge in [0.1, 0.15) is 5.60 Å². The molecule has 1 aromatic carbocycles. The van der Waals surface area contributed by atoms with E-state index in [-0.39, 0.29) is 11.7 Å². The van der Waals surface area contributed by atoms with Gasteiger partial charge in [0.2, 0.25) is 0 Å². The third-order valence-corrected chi connectivity index (χ3v) is 5.12. The first-order valence-corrected chi connectivity index (χ1v) is 10.1. The summed E-state index contributed by atoms with van der Waals surface area (Å²) in [7, 11) is 3.10. The van der Waals surface area contributed by atoms with Crippen molar-refractivity contribution in [3.63, 3.8) is 0 Å². The van der Waals surface area contributed by atoms with Crippen molar-refractivity contribution in [1.29, 1.82) is 0 Å². The molecule has 2 N–H and O–H groups in total. The smallest absolute Gasteiger partial charge is 0.407 e. The molecule has 0 bridgehead atoms. The maximum Gasteiger partial charge on any atom is 0.407 e. The Balaban J connectivity index is 1.70. The predicted octanol–water partition coefficient (Wildman–Crippen LogP) is 2.68. The van der Waals surface area contributed by atoms with Gasteiger partial charge in [0.25, 0.3) is 5.56 Å². The number of piperidine rings is 1. The second-order valence-corrected chi connectivity index (χ2v) is 8.44. The molecule has 1 fully saturated rings. The molecule has 0 spiro atoms. The van der Waals surface area contributed by atoms with Crippen LogP contribution < -0.4 is 25.2 Å². The number of H-pyrrole nitrogens is 1. The topological polar surface area (TPSA) is 106 Å². The summed E-state index contributed by atoms with van der Waals surface area (Å²) >= 11 is 0. The Kier molecular flexibility index (Phi) is 6.38. The number of methoxy groups -OCH3 is 2. The molecule has 0 saturated carbocycles. The zero-order chi connectivity index (χ0) is 21.9. The Morgan fingerprint density at radius 2 is 1.77 bits per heavy atom. The number of ether oxygens (including phenoxy) is 3. The molecule has 1 aromatic heterocycles. The van der Waals surface area contributed by atoms with Crippen molar-refractivity contribution in [3.8, 4) is 11.5 Å². The number of hydrogen-bond acceptors (Lipinski definition) is 7. The lowest BCUT2D eigenvalue weighted by molar-refractivity contribution is 0.0517. The van der Waals surface area contributed by atoms with Crippen molar-refractivity contribution in [1.82, 2.24) is 15.5 Å². The molecule has 30 heavy (non-hydrogen) atoms. The van der Waals surface area contributed by atoms with Crippen LogP contribution in [0.25, 0.3) is 10.8 Å². The molecule has 3 rings (SSSR count). The summed E-state index contributed by atoms with van der Waals surface area (Å²) in [6, 6.07) is 3.47.